The highest BCUT2D eigenvalue weighted by atomic mass is 16.5. The minimum Gasteiger partial charge on any atom is -0.501 e. The molecule has 0 fully saturated rings. The van der Waals surface area contributed by atoms with Gasteiger partial charge in [0.2, 0.25) is 5.91 Å². The molecule has 5 nitrogen and oxygen atoms in total. The third-order valence-corrected chi connectivity index (χ3v) is 1.58. The summed E-state index contributed by atoms with van der Waals surface area (Å²) >= 11 is 0. The number of amides is 2. The molecular weight excluding hydrogens is 172 g/mol. The van der Waals surface area contributed by atoms with E-state index in [4.69, 9.17) is 4.74 Å². The maximum atomic E-state index is 11.2. The van der Waals surface area contributed by atoms with Crippen LogP contribution in [0.2, 0.25) is 0 Å². The van der Waals surface area contributed by atoms with Gasteiger partial charge in [0.25, 0.3) is 5.91 Å². The summed E-state index contributed by atoms with van der Waals surface area (Å²) in [5.74, 6) is -0.611. The van der Waals surface area contributed by atoms with Crippen LogP contribution >= 0.6 is 0 Å². The molecule has 0 aliphatic carbocycles. The number of nitrogens with one attached hydrogen (secondary N) is 2. The highest BCUT2D eigenvalue weighted by molar-refractivity contribution is 5.94. The van der Waals surface area contributed by atoms with Crippen LogP contribution in [0.3, 0.4) is 0 Å². The summed E-state index contributed by atoms with van der Waals surface area (Å²) < 4.78 is 4.97. The van der Waals surface area contributed by atoms with Gasteiger partial charge in [-0.05, 0) is 12.8 Å². The van der Waals surface area contributed by atoms with Gasteiger partial charge in [0.15, 0.2) is 0 Å². The molecule has 0 spiro atoms. The zero-order chi connectivity index (χ0) is 9.68. The summed E-state index contributed by atoms with van der Waals surface area (Å²) in [7, 11) is 0. The van der Waals surface area contributed by atoms with E-state index in [1.807, 2.05) is 0 Å². The first-order chi connectivity index (χ1) is 6.20. The van der Waals surface area contributed by atoms with Gasteiger partial charge in [0, 0.05) is 6.92 Å². The van der Waals surface area contributed by atoms with Crippen molar-refractivity contribution in [1.29, 1.82) is 0 Å². The number of hydrogen-bond donors (Lipinski definition) is 2. The van der Waals surface area contributed by atoms with Gasteiger partial charge in [0.1, 0.15) is 0 Å². The minimum absolute atomic E-state index is 0.300. The molecule has 1 aliphatic heterocycles. The number of hydrazine groups is 1. The highest BCUT2D eigenvalue weighted by Gasteiger charge is 2.12. The Morgan fingerprint density at radius 2 is 2.23 bits per heavy atom. The Morgan fingerprint density at radius 1 is 1.46 bits per heavy atom. The first kappa shape index (κ1) is 9.57. The first-order valence-electron chi connectivity index (χ1n) is 4.07. The van der Waals surface area contributed by atoms with Crippen molar-refractivity contribution in [3.63, 3.8) is 0 Å². The first-order valence-corrected chi connectivity index (χ1v) is 4.07. The topological polar surface area (TPSA) is 67.4 Å². The molecule has 0 atom stereocenters. The molecule has 0 radical (unpaired) electrons. The number of hydrogen-bond acceptors (Lipinski definition) is 3. The lowest BCUT2D eigenvalue weighted by Gasteiger charge is -2.13. The van der Waals surface area contributed by atoms with E-state index in [-0.39, 0.29) is 11.8 Å². The van der Waals surface area contributed by atoms with E-state index in [9.17, 15) is 9.59 Å². The van der Waals surface area contributed by atoms with E-state index < -0.39 is 0 Å². The molecule has 1 aliphatic rings. The van der Waals surface area contributed by atoms with E-state index in [1.54, 1.807) is 0 Å². The van der Waals surface area contributed by atoms with E-state index in [0.29, 0.717) is 18.6 Å². The van der Waals surface area contributed by atoms with E-state index in [0.717, 1.165) is 6.42 Å². The Bertz CT molecular complexity index is 248. The van der Waals surface area contributed by atoms with Crippen LogP contribution in [0.1, 0.15) is 19.8 Å². The van der Waals surface area contributed by atoms with Crippen molar-refractivity contribution in [3.05, 3.63) is 11.8 Å². The van der Waals surface area contributed by atoms with Crippen molar-refractivity contribution in [2.24, 2.45) is 0 Å². The third kappa shape index (κ3) is 3.14. The van der Waals surface area contributed by atoms with Crippen LogP contribution in [0.25, 0.3) is 0 Å². The minimum atomic E-state index is -0.310. The summed E-state index contributed by atoms with van der Waals surface area (Å²) in [5.41, 5.74) is 5.03. The second-order valence-corrected chi connectivity index (χ2v) is 2.75. The summed E-state index contributed by atoms with van der Waals surface area (Å²) in [4.78, 5) is 21.7. The standard InChI is InChI=1S/C8H12N2O3/c1-6(11)9-10-8(12)7-3-2-4-13-5-7/h5H,2-4H2,1H3,(H,9,11)(H,10,12). The Kier molecular flexibility index (Phi) is 3.31. The summed E-state index contributed by atoms with van der Waals surface area (Å²) in [5, 5.41) is 0. The Balaban J connectivity index is 2.38. The maximum Gasteiger partial charge on any atom is 0.268 e. The molecule has 0 saturated heterocycles. The fourth-order valence-corrected chi connectivity index (χ4v) is 0.957. The molecule has 1 rings (SSSR count). The van der Waals surface area contributed by atoms with E-state index in [1.165, 1.54) is 13.2 Å². The van der Waals surface area contributed by atoms with Crippen LogP contribution in [0, 0.1) is 0 Å². The molecule has 0 aromatic heterocycles. The molecule has 2 amide bonds. The third-order valence-electron chi connectivity index (χ3n) is 1.58. The SMILES string of the molecule is CC(=O)NNC(=O)C1=COCCC1. The summed E-state index contributed by atoms with van der Waals surface area (Å²) in [6.07, 6.45) is 2.95. The monoisotopic (exact) mass is 184 g/mol. The molecule has 0 unspecified atom stereocenters. The van der Waals surface area contributed by atoms with Gasteiger partial charge in [-0.15, -0.1) is 0 Å². The van der Waals surface area contributed by atoms with Crippen LogP contribution in [0.4, 0.5) is 0 Å². The Hall–Kier alpha value is -1.52. The molecule has 1 heterocycles. The quantitative estimate of drug-likeness (QED) is 0.557. The van der Waals surface area contributed by atoms with Gasteiger partial charge in [-0.25, -0.2) is 0 Å². The van der Waals surface area contributed by atoms with Gasteiger partial charge < -0.3 is 4.74 Å². The van der Waals surface area contributed by atoms with E-state index in [2.05, 4.69) is 10.9 Å². The molecule has 0 aromatic rings. The molecular formula is C8H12N2O3. The van der Waals surface area contributed by atoms with Crippen molar-refractivity contribution in [3.8, 4) is 0 Å². The van der Waals surface area contributed by atoms with Crippen molar-refractivity contribution in [2.75, 3.05) is 6.61 Å². The molecule has 13 heavy (non-hydrogen) atoms. The van der Waals surface area contributed by atoms with Crippen molar-refractivity contribution >= 4 is 11.8 Å². The van der Waals surface area contributed by atoms with Crippen LogP contribution in [0.15, 0.2) is 11.8 Å². The Labute approximate surface area is 76.1 Å². The van der Waals surface area contributed by atoms with Crippen molar-refractivity contribution in [1.82, 2.24) is 10.9 Å². The molecule has 0 bridgehead atoms. The largest absolute Gasteiger partial charge is 0.501 e. The molecule has 0 aromatic carbocycles. The molecule has 2 N–H and O–H groups in total. The smallest absolute Gasteiger partial charge is 0.268 e. The van der Waals surface area contributed by atoms with Crippen molar-refractivity contribution < 1.29 is 14.3 Å². The molecule has 72 valence electrons. The van der Waals surface area contributed by atoms with Crippen LogP contribution in [0.5, 0.6) is 0 Å². The lowest BCUT2D eigenvalue weighted by Crippen LogP contribution is -2.41. The van der Waals surface area contributed by atoms with Gasteiger partial charge in [-0.2, -0.15) is 0 Å². The van der Waals surface area contributed by atoms with Crippen LogP contribution in [-0.2, 0) is 14.3 Å². The average Bonchev–Trinajstić information content (AvgIpc) is 2.15. The fraction of sp³-hybridized carbons (Fsp3) is 0.500. The number of carbonyl (C=O) groups is 2. The number of carbonyl (C=O) groups excluding carboxylic acids is 2. The zero-order valence-corrected chi connectivity index (χ0v) is 7.42. The second kappa shape index (κ2) is 4.49. The molecule has 5 heteroatoms. The number of rotatable bonds is 1. The lowest BCUT2D eigenvalue weighted by atomic mass is 10.1. The Morgan fingerprint density at radius 3 is 2.77 bits per heavy atom. The summed E-state index contributed by atoms with van der Waals surface area (Å²) in [6, 6.07) is 0. The highest BCUT2D eigenvalue weighted by Crippen LogP contribution is 2.10. The van der Waals surface area contributed by atoms with Gasteiger partial charge >= 0.3 is 0 Å². The van der Waals surface area contributed by atoms with Gasteiger partial charge in [-0.1, -0.05) is 0 Å². The normalized spacial score (nSPS) is 15.3. The second-order valence-electron chi connectivity index (χ2n) is 2.75. The lowest BCUT2D eigenvalue weighted by molar-refractivity contribution is -0.126. The summed E-state index contributed by atoms with van der Waals surface area (Å²) in [6.45, 7) is 1.98. The van der Waals surface area contributed by atoms with Crippen molar-refractivity contribution in [2.45, 2.75) is 19.8 Å². The van der Waals surface area contributed by atoms with Gasteiger partial charge in [0.05, 0.1) is 18.4 Å². The average molecular weight is 184 g/mol. The predicted octanol–water partition coefficient (Wildman–Crippen LogP) is -0.152. The van der Waals surface area contributed by atoms with Crippen LogP contribution < -0.4 is 10.9 Å². The van der Waals surface area contributed by atoms with Gasteiger partial charge in [-0.3, -0.25) is 20.4 Å². The fourth-order valence-electron chi connectivity index (χ4n) is 0.957. The maximum absolute atomic E-state index is 11.2. The van der Waals surface area contributed by atoms with Crippen LogP contribution in [-0.4, -0.2) is 18.4 Å². The van der Waals surface area contributed by atoms with E-state index >= 15 is 0 Å². The number of ether oxygens (including phenoxy) is 1. The molecule has 0 saturated carbocycles. The zero-order valence-electron chi connectivity index (χ0n) is 7.42. The predicted molar refractivity (Wildman–Crippen MR) is 45.2 cm³/mol.